The maximum absolute atomic E-state index is 12.6. The van der Waals surface area contributed by atoms with Crippen molar-refractivity contribution in [2.24, 2.45) is 7.05 Å². The molecule has 1 amide bonds. The van der Waals surface area contributed by atoms with Crippen LogP contribution in [0.4, 0.5) is 5.69 Å². The third-order valence-electron chi connectivity index (χ3n) is 4.08. The summed E-state index contributed by atoms with van der Waals surface area (Å²) in [6.07, 6.45) is 0.877. The minimum absolute atomic E-state index is 0.383. The molecule has 0 unspecified atom stereocenters. The molecule has 0 bridgehead atoms. The van der Waals surface area contributed by atoms with Crippen LogP contribution < -0.4 is 16.6 Å². The van der Waals surface area contributed by atoms with Crippen LogP contribution in [0.5, 0.6) is 0 Å². The predicted octanol–water partition coefficient (Wildman–Crippen LogP) is 2.40. The standard InChI is InChI=1S/C19H17ClN4O3/c1-3-12-4-8-14(9-5-12)21-17(25)16-18(26)23(2)19(27)24(22-16)15-10-6-13(20)7-11-15/h4-11H,3H2,1-2H3,(H,21,25). The van der Waals surface area contributed by atoms with Gasteiger partial charge in [-0.2, -0.15) is 9.78 Å². The van der Waals surface area contributed by atoms with Crippen molar-refractivity contribution in [1.82, 2.24) is 14.3 Å². The highest BCUT2D eigenvalue weighted by Crippen LogP contribution is 2.12. The molecule has 0 aliphatic rings. The van der Waals surface area contributed by atoms with Crippen LogP contribution in [0, 0.1) is 0 Å². The molecule has 0 fully saturated rings. The molecule has 2 aromatic carbocycles. The number of hydrogen-bond acceptors (Lipinski definition) is 4. The zero-order valence-corrected chi connectivity index (χ0v) is 15.5. The summed E-state index contributed by atoms with van der Waals surface area (Å²) in [6, 6.07) is 13.6. The average Bonchev–Trinajstić information content (AvgIpc) is 2.68. The third-order valence-corrected chi connectivity index (χ3v) is 4.33. The Morgan fingerprint density at radius 2 is 1.70 bits per heavy atom. The van der Waals surface area contributed by atoms with E-state index in [0.29, 0.717) is 16.4 Å². The molecule has 0 aliphatic carbocycles. The van der Waals surface area contributed by atoms with Crippen molar-refractivity contribution in [1.29, 1.82) is 0 Å². The average molecular weight is 385 g/mol. The molecule has 3 aromatic rings. The number of carbonyl (C=O) groups is 1. The molecule has 0 saturated heterocycles. The van der Waals surface area contributed by atoms with E-state index in [1.165, 1.54) is 7.05 Å². The van der Waals surface area contributed by atoms with Crippen molar-refractivity contribution >= 4 is 23.2 Å². The monoisotopic (exact) mass is 384 g/mol. The number of nitrogens with zero attached hydrogens (tertiary/aromatic N) is 3. The predicted molar refractivity (Wildman–Crippen MR) is 104 cm³/mol. The molecule has 1 N–H and O–H groups in total. The number of hydrogen-bond donors (Lipinski definition) is 1. The lowest BCUT2D eigenvalue weighted by atomic mass is 10.1. The van der Waals surface area contributed by atoms with Crippen LogP contribution in [0.2, 0.25) is 5.02 Å². The van der Waals surface area contributed by atoms with Crippen LogP contribution in [0.1, 0.15) is 23.0 Å². The van der Waals surface area contributed by atoms with Crippen molar-refractivity contribution < 1.29 is 4.79 Å². The third kappa shape index (κ3) is 3.83. The Hall–Kier alpha value is -3.19. The molecule has 1 heterocycles. The Balaban J connectivity index is 2.01. The molecule has 0 aliphatic heterocycles. The lowest BCUT2D eigenvalue weighted by Crippen LogP contribution is -2.43. The van der Waals surface area contributed by atoms with Gasteiger partial charge in [0.15, 0.2) is 0 Å². The number of anilines is 1. The molecule has 8 heteroatoms. The van der Waals surface area contributed by atoms with E-state index in [-0.39, 0.29) is 5.69 Å². The molecule has 138 valence electrons. The Morgan fingerprint density at radius 3 is 2.30 bits per heavy atom. The number of halogens is 1. The van der Waals surface area contributed by atoms with Crippen LogP contribution in [0.3, 0.4) is 0 Å². The second kappa shape index (κ2) is 7.59. The van der Waals surface area contributed by atoms with Gasteiger partial charge in [-0.05, 0) is 48.4 Å². The molecule has 7 nitrogen and oxygen atoms in total. The quantitative estimate of drug-likeness (QED) is 0.748. The topological polar surface area (TPSA) is 86.0 Å². The molecular weight excluding hydrogens is 368 g/mol. The van der Waals surface area contributed by atoms with Crippen LogP contribution in [0.15, 0.2) is 58.1 Å². The first-order chi connectivity index (χ1) is 12.9. The van der Waals surface area contributed by atoms with Gasteiger partial charge in [-0.25, -0.2) is 4.79 Å². The second-order valence-corrected chi connectivity index (χ2v) is 6.32. The minimum atomic E-state index is -0.770. The van der Waals surface area contributed by atoms with Crippen LogP contribution in [-0.2, 0) is 13.5 Å². The fourth-order valence-corrected chi connectivity index (χ4v) is 2.61. The lowest BCUT2D eigenvalue weighted by Gasteiger charge is -2.10. The van der Waals surface area contributed by atoms with Crippen molar-refractivity contribution in [2.45, 2.75) is 13.3 Å². The van der Waals surface area contributed by atoms with Gasteiger partial charge < -0.3 is 5.32 Å². The first-order valence-corrected chi connectivity index (χ1v) is 8.65. The summed E-state index contributed by atoms with van der Waals surface area (Å²) in [4.78, 5) is 37.3. The van der Waals surface area contributed by atoms with E-state index in [0.717, 1.165) is 21.2 Å². The van der Waals surface area contributed by atoms with E-state index in [1.54, 1.807) is 36.4 Å². The number of benzene rings is 2. The van der Waals surface area contributed by atoms with Gasteiger partial charge in [0.2, 0.25) is 5.69 Å². The van der Waals surface area contributed by atoms with Gasteiger partial charge in [-0.15, -0.1) is 0 Å². The van der Waals surface area contributed by atoms with E-state index in [2.05, 4.69) is 10.4 Å². The normalized spacial score (nSPS) is 10.6. The first-order valence-electron chi connectivity index (χ1n) is 8.27. The van der Waals surface area contributed by atoms with Gasteiger partial charge >= 0.3 is 5.69 Å². The van der Waals surface area contributed by atoms with Crippen LogP contribution in [-0.4, -0.2) is 20.3 Å². The second-order valence-electron chi connectivity index (χ2n) is 5.89. The fourth-order valence-electron chi connectivity index (χ4n) is 2.48. The zero-order valence-electron chi connectivity index (χ0n) is 14.8. The largest absolute Gasteiger partial charge is 0.351 e. The number of carbonyl (C=O) groups excluding carboxylic acids is 1. The van der Waals surface area contributed by atoms with Gasteiger partial charge in [0.25, 0.3) is 11.5 Å². The lowest BCUT2D eigenvalue weighted by molar-refractivity contribution is 0.101. The Morgan fingerprint density at radius 1 is 1.07 bits per heavy atom. The summed E-state index contributed by atoms with van der Waals surface area (Å²) >= 11 is 5.86. The highest BCUT2D eigenvalue weighted by atomic mass is 35.5. The van der Waals surface area contributed by atoms with Gasteiger partial charge in [0.1, 0.15) is 0 Å². The highest BCUT2D eigenvalue weighted by Gasteiger charge is 2.19. The van der Waals surface area contributed by atoms with Crippen molar-refractivity contribution in [3.63, 3.8) is 0 Å². The van der Waals surface area contributed by atoms with Gasteiger partial charge in [0.05, 0.1) is 5.69 Å². The van der Waals surface area contributed by atoms with E-state index in [4.69, 9.17) is 11.6 Å². The summed E-state index contributed by atoms with van der Waals surface area (Å²) in [5, 5.41) is 7.10. The summed E-state index contributed by atoms with van der Waals surface area (Å²) in [7, 11) is 1.30. The number of amides is 1. The van der Waals surface area contributed by atoms with Crippen molar-refractivity contribution in [3.05, 3.63) is 85.6 Å². The van der Waals surface area contributed by atoms with E-state index >= 15 is 0 Å². The molecule has 0 atom stereocenters. The first kappa shape index (κ1) is 18.6. The highest BCUT2D eigenvalue weighted by molar-refractivity contribution is 6.30. The molecule has 3 rings (SSSR count). The molecule has 1 aromatic heterocycles. The molecular formula is C19H17ClN4O3. The summed E-state index contributed by atoms with van der Waals surface area (Å²) in [6.45, 7) is 2.03. The maximum Gasteiger partial charge on any atom is 0.351 e. The number of nitrogens with one attached hydrogen (secondary N) is 1. The minimum Gasteiger partial charge on any atom is -0.320 e. The summed E-state index contributed by atoms with van der Waals surface area (Å²) in [5.41, 5.74) is 0.232. The molecule has 27 heavy (non-hydrogen) atoms. The number of aryl methyl sites for hydroxylation is 1. The van der Waals surface area contributed by atoms with Crippen molar-refractivity contribution in [3.8, 4) is 5.69 Å². The van der Waals surface area contributed by atoms with Crippen molar-refractivity contribution in [2.75, 3.05) is 5.32 Å². The molecule has 0 saturated carbocycles. The zero-order chi connectivity index (χ0) is 19.6. The van der Waals surface area contributed by atoms with Gasteiger partial charge in [-0.1, -0.05) is 30.7 Å². The van der Waals surface area contributed by atoms with E-state index < -0.39 is 17.2 Å². The Labute approximate surface area is 159 Å². The Kier molecular flexibility index (Phi) is 5.23. The van der Waals surface area contributed by atoms with Crippen LogP contribution >= 0.6 is 11.6 Å². The summed E-state index contributed by atoms with van der Waals surface area (Å²) in [5.74, 6) is -0.692. The van der Waals surface area contributed by atoms with Gasteiger partial charge in [-0.3, -0.25) is 14.2 Å². The summed E-state index contributed by atoms with van der Waals surface area (Å²) < 4.78 is 1.84. The van der Waals surface area contributed by atoms with E-state index in [9.17, 15) is 14.4 Å². The smallest absolute Gasteiger partial charge is 0.320 e. The van der Waals surface area contributed by atoms with E-state index in [1.807, 2.05) is 19.1 Å². The number of rotatable bonds is 4. The van der Waals surface area contributed by atoms with Gasteiger partial charge in [0, 0.05) is 17.8 Å². The molecule has 0 radical (unpaired) electrons. The SMILES string of the molecule is CCc1ccc(NC(=O)c2nn(-c3ccc(Cl)cc3)c(=O)n(C)c2=O)cc1. The maximum atomic E-state index is 12.6. The Bertz CT molecular complexity index is 1100. The molecule has 0 spiro atoms. The fraction of sp³-hybridized carbons (Fsp3) is 0.158. The van der Waals surface area contributed by atoms with Crippen LogP contribution in [0.25, 0.3) is 5.69 Å². The number of aromatic nitrogens is 3.